The van der Waals surface area contributed by atoms with E-state index >= 15 is 0 Å². The summed E-state index contributed by atoms with van der Waals surface area (Å²) in [7, 11) is -4.01. The molecule has 0 saturated heterocycles. The van der Waals surface area contributed by atoms with Gasteiger partial charge in [-0.3, -0.25) is 9.35 Å². The highest BCUT2D eigenvalue weighted by atomic mass is 32.2. The Balaban J connectivity index is 4.30. The van der Waals surface area contributed by atoms with Crippen LogP contribution < -0.4 is 0 Å². The van der Waals surface area contributed by atoms with Crippen LogP contribution in [0, 0.1) is 5.92 Å². The number of carbonyl (C=O) groups excluding carboxylic acids is 1. The molecule has 96 valence electrons. The first-order valence-electron chi connectivity index (χ1n) is 5.25. The van der Waals surface area contributed by atoms with Gasteiger partial charge in [-0.1, -0.05) is 13.8 Å². The smallest absolute Gasteiger partial charge is 0.309 e. The van der Waals surface area contributed by atoms with Crippen molar-refractivity contribution in [3.05, 3.63) is 0 Å². The third-order valence-electron chi connectivity index (χ3n) is 2.35. The van der Waals surface area contributed by atoms with Crippen LogP contribution >= 0.6 is 0 Å². The van der Waals surface area contributed by atoms with Crippen LogP contribution in [0.25, 0.3) is 0 Å². The Labute approximate surface area is 96.9 Å². The van der Waals surface area contributed by atoms with Crippen LogP contribution in [0.3, 0.4) is 0 Å². The molecular formula is C10H20O5S. The van der Waals surface area contributed by atoms with Gasteiger partial charge >= 0.3 is 5.97 Å². The van der Waals surface area contributed by atoms with Gasteiger partial charge in [0.2, 0.25) is 0 Å². The predicted octanol–water partition coefficient (Wildman–Crippen LogP) is 1.63. The zero-order valence-electron chi connectivity index (χ0n) is 10.2. The molecule has 0 aromatic rings. The summed E-state index contributed by atoms with van der Waals surface area (Å²) in [5, 5.41) is 0. The molecule has 0 heterocycles. The van der Waals surface area contributed by atoms with E-state index in [4.69, 9.17) is 9.29 Å². The fourth-order valence-electron chi connectivity index (χ4n) is 0.965. The Morgan fingerprint density at radius 3 is 2.31 bits per heavy atom. The maximum atomic E-state index is 11.5. The summed E-state index contributed by atoms with van der Waals surface area (Å²) in [5.74, 6) is -0.957. The molecule has 0 fully saturated rings. The van der Waals surface area contributed by atoms with Crippen molar-refractivity contribution >= 4 is 16.1 Å². The Morgan fingerprint density at radius 2 is 1.94 bits per heavy atom. The van der Waals surface area contributed by atoms with E-state index in [-0.39, 0.29) is 18.3 Å². The van der Waals surface area contributed by atoms with E-state index in [1.54, 1.807) is 20.8 Å². The molecule has 16 heavy (non-hydrogen) atoms. The highest BCUT2D eigenvalue weighted by Crippen LogP contribution is 2.18. The quantitative estimate of drug-likeness (QED) is 0.574. The van der Waals surface area contributed by atoms with Crippen LogP contribution in [0.15, 0.2) is 0 Å². The first-order valence-corrected chi connectivity index (χ1v) is 6.86. The minimum Gasteiger partial charge on any atom is -0.459 e. The van der Waals surface area contributed by atoms with Crippen molar-refractivity contribution in [2.75, 3.05) is 5.75 Å². The highest BCUT2D eigenvalue weighted by Gasteiger charge is 2.26. The Hall–Kier alpha value is -0.620. The first kappa shape index (κ1) is 15.4. The van der Waals surface area contributed by atoms with E-state index in [1.807, 2.05) is 6.92 Å². The van der Waals surface area contributed by atoms with Crippen molar-refractivity contribution in [2.24, 2.45) is 5.92 Å². The van der Waals surface area contributed by atoms with Crippen molar-refractivity contribution in [2.45, 2.75) is 46.1 Å². The molecule has 0 aliphatic carbocycles. The molecule has 1 N–H and O–H groups in total. The Bertz CT molecular complexity index is 331. The topological polar surface area (TPSA) is 80.7 Å². The molecule has 1 atom stereocenters. The van der Waals surface area contributed by atoms with Crippen LogP contribution in [0.1, 0.15) is 40.5 Å². The average molecular weight is 252 g/mol. The number of ether oxygens (including phenoxy) is 1. The molecule has 0 aliphatic rings. The second-order valence-electron chi connectivity index (χ2n) is 4.53. The minimum absolute atomic E-state index is 0.0774. The van der Waals surface area contributed by atoms with Crippen LogP contribution in [-0.2, 0) is 19.6 Å². The van der Waals surface area contributed by atoms with Crippen molar-refractivity contribution in [3.63, 3.8) is 0 Å². The van der Waals surface area contributed by atoms with Crippen molar-refractivity contribution in [1.82, 2.24) is 0 Å². The van der Waals surface area contributed by atoms with Crippen LogP contribution in [0.2, 0.25) is 0 Å². The molecule has 0 saturated carbocycles. The SMILES string of the molecule is CCC(C)C(=O)OC(C)(C)CCS(=O)(=O)O. The van der Waals surface area contributed by atoms with Gasteiger partial charge in [0.15, 0.2) is 0 Å². The van der Waals surface area contributed by atoms with E-state index in [1.165, 1.54) is 0 Å². The molecule has 0 spiro atoms. The molecule has 0 aromatic carbocycles. The predicted molar refractivity (Wildman–Crippen MR) is 60.7 cm³/mol. The van der Waals surface area contributed by atoms with E-state index in [0.717, 1.165) is 0 Å². The molecule has 1 unspecified atom stereocenters. The van der Waals surface area contributed by atoms with Gasteiger partial charge in [-0.15, -0.1) is 0 Å². The van der Waals surface area contributed by atoms with Gasteiger partial charge in [-0.2, -0.15) is 8.42 Å². The van der Waals surface area contributed by atoms with Gasteiger partial charge in [0.25, 0.3) is 10.1 Å². The van der Waals surface area contributed by atoms with E-state index in [0.29, 0.717) is 6.42 Å². The maximum Gasteiger partial charge on any atom is 0.309 e. The summed E-state index contributed by atoms with van der Waals surface area (Å²) in [4.78, 5) is 11.5. The van der Waals surface area contributed by atoms with E-state index < -0.39 is 21.5 Å². The van der Waals surface area contributed by atoms with Crippen molar-refractivity contribution in [1.29, 1.82) is 0 Å². The number of hydrogen-bond donors (Lipinski definition) is 1. The molecule has 0 radical (unpaired) electrons. The fraction of sp³-hybridized carbons (Fsp3) is 0.900. The van der Waals surface area contributed by atoms with Crippen LogP contribution in [0.4, 0.5) is 0 Å². The lowest BCUT2D eigenvalue weighted by Gasteiger charge is -2.26. The molecule has 0 amide bonds. The second-order valence-corrected chi connectivity index (χ2v) is 6.10. The summed E-state index contributed by atoms with van der Waals surface area (Å²) in [6.07, 6.45) is 0.751. The normalized spacial score (nSPS) is 14.6. The molecule has 0 aliphatic heterocycles. The summed E-state index contributed by atoms with van der Waals surface area (Å²) in [5.41, 5.74) is -0.879. The largest absolute Gasteiger partial charge is 0.459 e. The molecule has 5 nitrogen and oxygen atoms in total. The lowest BCUT2D eigenvalue weighted by Crippen LogP contribution is -2.32. The van der Waals surface area contributed by atoms with Gasteiger partial charge in [0.05, 0.1) is 11.7 Å². The van der Waals surface area contributed by atoms with Crippen molar-refractivity contribution in [3.8, 4) is 0 Å². The third-order valence-corrected chi connectivity index (χ3v) is 3.07. The number of esters is 1. The average Bonchev–Trinajstić information content (AvgIpc) is 2.12. The number of carbonyl (C=O) groups is 1. The van der Waals surface area contributed by atoms with E-state index in [9.17, 15) is 13.2 Å². The molecule has 0 bridgehead atoms. The van der Waals surface area contributed by atoms with Crippen LogP contribution in [-0.4, -0.2) is 30.3 Å². The summed E-state index contributed by atoms with van der Waals surface area (Å²) < 4.78 is 34.9. The molecule has 6 heteroatoms. The lowest BCUT2D eigenvalue weighted by molar-refractivity contribution is -0.161. The molecule has 0 aromatic heterocycles. The molecule has 0 rings (SSSR count). The maximum absolute atomic E-state index is 11.5. The standard InChI is InChI=1S/C10H20O5S/c1-5-8(2)9(11)15-10(3,4)6-7-16(12,13)14/h8H,5-7H2,1-4H3,(H,12,13,14). The summed E-state index contributed by atoms with van der Waals surface area (Å²) >= 11 is 0. The highest BCUT2D eigenvalue weighted by molar-refractivity contribution is 7.85. The summed E-state index contributed by atoms with van der Waals surface area (Å²) in [6, 6.07) is 0. The van der Waals surface area contributed by atoms with Gasteiger partial charge in [-0.25, -0.2) is 0 Å². The molecular weight excluding hydrogens is 232 g/mol. The number of hydrogen-bond acceptors (Lipinski definition) is 4. The first-order chi connectivity index (χ1) is 7.07. The fourth-order valence-corrected chi connectivity index (χ4v) is 1.71. The van der Waals surface area contributed by atoms with Gasteiger partial charge in [0, 0.05) is 6.42 Å². The summed E-state index contributed by atoms with van der Waals surface area (Å²) in [6.45, 7) is 6.87. The lowest BCUT2D eigenvalue weighted by atomic mass is 10.1. The third kappa shape index (κ3) is 6.79. The zero-order chi connectivity index (χ0) is 13.0. The van der Waals surface area contributed by atoms with E-state index in [2.05, 4.69) is 0 Å². The van der Waals surface area contributed by atoms with Gasteiger partial charge in [0.1, 0.15) is 5.60 Å². The minimum atomic E-state index is -4.01. The Kier molecular flexibility index (Phi) is 5.41. The Morgan fingerprint density at radius 1 is 1.44 bits per heavy atom. The zero-order valence-corrected chi connectivity index (χ0v) is 11.0. The van der Waals surface area contributed by atoms with Crippen LogP contribution in [0.5, 0.6) is 0 Å². The van der Waals surface area contributed by atoms with Gasteiger partial charge < -0.3 is 4.74 Å². The number of rotatable bonds is 6. The van der Waals surface area contributed by atoms with Crippen molar-refractivity contribution < 1.29 is 22.5 Å². The van der Waals surface area contributed by atoms with Gasteiger partial charge in [-0.05, 0) is 20.3 Å². The monoisotopic (exact) mass is 252 g/mol. The second kappa shape index (κ2) is 5.63.